The summed E-state index contributed by atoms with van der Waals surface area (Å²) in [5.74, 6) is -0.729. The third-order valence-electron chi connectivity index (χ3n) is 3.70. The molecule has 0 unspecified atom stereocenters. The Morgan fingerprint density at radius 2 is 1.35 bits per heavy atom. The van der Waals surface area contributed by atoms with Crippen LogP contribution < -0.4 is 0 Å². The number of phenolic OH excluding ortho intramolecular Hbond substituents is 1. The average molecular weight is 305 g/mol. The first-order valence-electron chi connectivity index (χ1n) is 7.15. The van der Waals surface area contributed by atoms with Gasteiger partial charge in [-0.2, -0.15) is 0 Å². The average Bonchev–Trinajstić information content (AvgIpc) is 2.55. The summed E-state index contributed by atoms with van der Waals surface area (Å²) in [6.45, 7) is 1.69. The number of aryl methyl sites for hydroxylation is 1. The van der Waals surface area contributed by atoms with Crippen molar-refractivity contribution in [3.63, 3.8) is 0 Å². The zero-order valence-corrected chi connectivity index (χ0v) is 12.5. The summed E-state index contributed by atoms with van der Waals surface area (Å²) < 4.78 is 0. The van der Waals surface area contributed by atoms with E-state index in [4.69, 9.17) is 5.11 Å². The quantitative estimate of drug-likeness (QED) is 0.763. The van der Waals surface area contributed by atoms with Crippen LogP contribution >= 0.6 is 0 Å². The van der Waals surface area contributed by atoms with E-state index in [9.17, 15) is 9.90 Å². The third kappa shape index (κ3) is 3.06. The second-order valence-electron chi connectivity index (χ2n) is 5.26. The lowest BCUT2D eigenvalue weighted by Gasteiger charge is -2.07. The Kier molecular flexibility index (Phi) is 3.81. The molecule has 0 saturated heterocycles. The van der Waals surface area contributed by atoms with Gasteiger partial charge in [-0.25, -0.2) is 4.79 Å². The molecule has 0 aliphatic carbocycles. The number of pyridine rings is 1. The predicted molar refractivity (Wildman–Crippen MR) is 88.5 cm³/mol. The predicted octanol–water partition coefficient (Wildman–Crippen LogP) is 4.13. The Morgan fingerprint density at radius 1 is 0.826 bits per heavy atom. The van der Waals surface area contributed by atoms with Crippen LogP contribution in [0.3, 0.4) is 0 Å². The zero-order valence-electron chi connectivity index (χ0n) is 12.5. The molecule has 0 aliphatic heterocycles. The van der Waals surface area contributed by atoms with E-state index in [1.165, 1.54) is 0 Å². The molecule has 3 rings (SSSR count). The van der Waals surface area contributed by atoms with Crippen molar-refractivity contribution in [3.8, 4) is 28.1 Å². The van der Waals surface area contributed by atoms with Crippen LogP contribution in [0.2, 0.25) is 0 Å². The van der Waals surface area contributed by atoms with Gasteiger partial charge in [0.25, 0.3) is 0 Å². The fourth-order valence-electron chi connectivity index (χ4n) is 2.44. The smallest absolute Gasteiger partial charge is 0.337 e. The fraction of sp³-hybridized carbons (Fsp3) is 0.0526. The van der Waals surface area contributed by atoms with Crippen LogP contribution in [-0.2, 0) is 0 Å². The number of carboxylic acid groups (broad SMARTS) is 1. The summed E-state index contributed by atoms with van der Waals surface area (Å²) in [6.07, 6.45) is 0. The van der Waals surface area contributed by atoms with Gasteiger partial charge in [-0.3, -0.25) is 4.98 Å². The minimum absolute atomic E-state index is 0.217. The fourth-order valence-corrected chi connectivity index (χ4v) is 2.44. The van der Waals surface area contributed by atoms with Crippen molar-refractivity contribution >= 4 is 5.97 Å². The summed E-state index contributed by atoms with van der Waals surface area (Å²) in [6, 6.07) is 18.2. The highest BCUT2D eigenvalue weighted by atomic mass is 16.4. The molecular formula is C19H15NO3. The minimum Gasteiger partial charge on any atom is -0.508 e. The number of hydrogen-bond donors (Lipinski definition) is 2. The number of hydrogen-bond acceptors (Lipinski definition) is 3. The number of aromatic carboxylic acids is 1. The number of carboxylic acids is 1. The van der Waals surface area contributed by atoms with Gasteiger partial charge in [-0.15, -0.1) is 0 Å². The van der Waals surface area contributed by atoms with Gasteiger partial charge in [0.1, 0.15) is 5.75 Å². The van der Waals surface area contributed by atoms with E-state index in [0.717, 1.165) is 22.4 Å². The molecule has 0 amide bonds. The highest BCUT2D eigenvalue weighted by Gasteiger charge is 2.09. The standard InChI is InChI=1S/C19H15NO3/c1-12-17(19(22)23)10-11-18(20-12)15-4-2-13(3-5-15)14-6-8-16(21)9-7-14/h2-11,21H,1H3,(H,22,23). The number of carbonyl (C=O) groups is 1. The van der Waals surface area contributed by atoms with Crippen molar-refractivity contribution in [3.05, 3.63) is 71.9 Å². The summed E-state index contributed by atoms with van der Waals surface area (Å²) in [5.41, 5.74) is 4.43. The topological polar surface area (TPSA) is 70.4 Å². The van der Waals surface area contributed by atoms with Crippen molar-refractivity contribution < 1.29 is 15.0 Å². The number of nitrogens with zero attached hydrogens (tertiary/aromatic N) is 1. The summed E-state index contributed by atoms with van der Waals surface area (Å²) >= 11 is 0. The molecule has 1 aromatic heterocycles. The van der Waals surface area contributed by atoms with E-state index in [1.54, 1.807) is 31.2 Å². The van der Waals surface area contributed by atoms with Gasteiger partial charge < -0.3 is 10.2 Å². The van der Waals surface area contributed by atoms with Crippen LogP contribution in [0.15, 0.2) is 60.7 Å². The lowest BCUT2D eigenvalue weighted by Crippen LogP contribution is -2.02. The Hall–Kier alpha value is -3.14. The van der Waals surface area contributed by atoms with E-state index in [0.29, 0.717) is 5.69 Å². The summed E-state index contributed by atoms with van der Waals surface area (Å²) in [5, 5.41) is 18.4. The normalized spacial score (nSPS) is 10.5. The molecule has 0 aliphatic rings. The van der Waals surface area contributed by atoms with Crippen molar-refractivity contribution in [2.24, 2.45) is 0 Å². The lowest BCUT2D eigenvalue weighted by atomic mass is 10.0. The van der Waals surface area contributed by atoms with Gasteiger partial charge in [-0.1, -0.05) is 36.4 Å². The van der Waals surface area contributed by atoms with E-state index in [-0.39, 0.29) is 11.3 Å². The molecule has 23 heavy (non-hydrogen) atoms. The molecule has 0 atom stereocenters. The Bertz CT molecular complexity index is 853. The van der Waals surface area contributed by atoms with Crippen molar-refractivity contribution in [2.45, 2.75) is 6.92 Å². The first-order chi connectivity index (χ1) is 11.0. The van der Waals surface area contributed by atoms with Gasteiger partial charge in [0.15, 0.2) is 0 Å². The van der Waals surface area contributed by atoms with E-state index in [2.05, 4.69) is 4.98 Å². The molecule has 1 heterocycles. The number of benzene rings is 2. The van der Waals surface area contributed by atoms with E-state index < -0.39 is 5.97 Å². The van der Waals surface area contributed by atoms with Crippen LogP contribution in [0.25, 0.3) is 22.4 Å². The maximum Gasteiger partial charge on any atom is 0.337 e. The minimum atomic E-state index is -0.968. The highest BCUT2D eigenvalue weighted by Crippen LogP contribution is 2.25. The SMILES string of the molecule is Cc1nc(-c2ccc(-c3ccc(O)cc3)cc2)ccc1C(=O)O. The molecule has 2 N–H and O–H groups in total. The maximum absolute atomic E-state index is 11.0. The molecule has 0 radical (unpaired) electrons. The first kappa shape index (κ1) is 14.8. The van der Waals surface area contributed by atoms with Crippen molar-refractivity contribution in [1.29, 1.82) is 0 Å². The molecule has 0 fully saturated rings. The second-order valence-corrected chi connectivity index (χ2v) is 5.26. The van der Waals surface area contributed by atoms with Gasteiger partial charge >= 0.3 is 5.97 Å². The van der Waals surface area contributed by atoms with Gasteiger partial charge in [0.05, 0.1) is 17.0 Å². The van der Waals surface area contributed by atoms with E-state index in [1.807, 2.05) is 36.4 Å². The molecular weight excluding hydrogens is 290 g/mol. The molecule has 4 nitrogen and oxygen atoms in total. The van der Waals surface area contributed by atoms with Gasteiger partial charge in [-0.05, 0) is 42.3 Å². The van der Waals surface area contributed by atoms with Crippen LogP contribution in [0, 0.1) is 6.92 Å². The van der Waals surface area contributed by atoms with Crippen LogP contribution in [-0.4, -0.2) is 21.2 Å². The van der Waals surface area contributed by atoms with Crippen molar-refractivity contribution in [2.75, 3.05) is 0 Å². The van der Waals surface area contributed by atoms with Crippen molar-refractivity contribution in [1.82, 2.24) is 4.98 Å². The molecule has 114 valence electrons. The van der Waals surface area contributed by atoms with E-state index >= 15 is 0 Å². The number of phenols is 1. The first-order valence-corrected chi connectivity index (χ1v) is 7.15. The molecule has 0 saturated carbocycles. The number of aromatic nitrogens is 1. The maximum atomic E-state index is 11.0. The molecule has 4 heteroatoms. The Morgan fingerprint density at radius 3 is 1.87 bits per heavy atom. The van der Waals surface area contributed by atoms with Gasteiger partial charge in [0, 0.05) is 5.56 Å². The molecule has 2 aromatic carbocycles. The number of aromatic hydroxyl groups is 1. The Labute approximate surface area is 133 Å². The third-order valence-corrected chi connectivity index (χ3v) is 3.70. The highest BCUT2D eigenvalue weighted by molar-refractivity contribution is 5.89. The summed E-state index contributed by atoms with van der Waals surface area (Å²) in [4.78, 5) is 15.4. The Balaban J connectivity index is 1.92. The number of rotatable bonds is 3. The zero-order chi connectivity index (χ0) is 16.4. The van der Waals surface area contributed by atoms with Crippen LogP contribution in [0.4, 0.5) is 0 Å². The second kappa shape index (κ2) is 5.93. The molecule has 0 bridgehead atoms. The summed E-state index contributed by atoms with van der Waals surface area (Å²) in [7, 11) is 0. The van der Waals surface area contributed by atoms with Crippen LogP contribution in [0.5, 0.6) is 5.75 Å². The van der Waals surface area contributed by atoms with Crippen LogP contribution in [0.1, 0.15) is 16.1 Å². The van der Waals surface area contributed by atoms with Gasteiger partial charge in [0.2, 0.25) is 0 Å². The lowest BCUT2D eigenvalue weighted by molar-refractivity contribution is 0.0695. The molecule has 0 spiro atoms. The monoisotopic (exact) mass is 305 g/mol. The largest absolute Gasteiger partial charge is 0.508 e. The molecule has 3 aromatic rings.